The molecule has 2 aliphatic rings. The molecule has 2 fully saturated rings. The molecule has 1 unspecified atom stereocenters. The first-order valence-corrected chi connectivity index (χ1v) is 8.22. The van der Waals surface area contributed by atoms with Gasteiger partial charge in [-0.15, -0.1) is 0 Å². The lowest BCUT2D eigenvalue weighted by Gasteiger charge is -2.17. The second-order valence-corrected chi connectivity index (χ2v) is 4.97. The highest BCUT2D eigenvalue weighted by atomic mass is 14.9. The zero-order valence-electron chi connectivity index (χ0n) is 13.6. The maximum Gasteiger partial charge on any atom is -0.00231 e. The predicted molar refractivity (Wildman–Crippen MR) is 85.3 cm³/mol. The van der Waals surface area contributed by atoms with Crippen molar-refractivity contribution in [2.24, 2.45) is 5.92 Å². The molecule has 2 saturated heterocycles. The smallest absolute Gasteiger partial charge is 0.00231 e. The van der Waals surface area contributed by atoms with Gasteiger partial charge in [0, 0.05) is 0 Å². The van der Waals surface area contributed by atoms with Crippen molar-refractivity contribution in [3.63, 3.8) is 0 Å². The van der Waals surface area contributed by atoms with Gasteiger partial charge in [0.25, 0.3) is 0 Å². The standard InChI is InChI=1S/C6H13N.C5H11N.C3H8.C2H6/c1-6-3-2-4-7-5-6;1-2-4-6-5-3-1;1-3-2;1-2/h6-7H,2-5H2,1H3;6H,1-5H2;3H2,1-2H3;1-2H3. The van der Waals surface area contributed by atoms with Gasteiger partial charge in [-0.3, -0.25) is 0 Å². The third kappa shape index (κ3) is 18.3. The number of hydrogen-bond donors (Lipinski definition) is 2. The van der Waals surface area contributed by atoms with Gasteiger partial charge in [-0.05, 0) is 57.8 Å². The first kappa shape index (κ1) is 20.2. The van der Waals surface area contributed by atoms with E-state index < -0.39 is 0 Å². The lowest BCUT2D eigenvalue weighted by molar-refractivity contribution is 0.405. The molecular weight excluding hydrogens is 220 g/mol. The number of hydrogen-bond acceptors (Lipinski definition) is 2. The molecule has 0 saturated carbocycles. The molecule has 0 bridgehead atoms. The lowest BCUT2D eigenvalue weighted by atomic mass is 10.0. The molecule has 2 aliphatic heterocycles. The minimum atomic E-state index is 0.925. The molecule has 2 heterocycles. The summed E-state index contributed by atoms with van der Waals surface area (Å²) in [7, 11) is 0. The Labute approximate surface area is 116 Å². The molecular formula is C16H38N2. The van der Waals surface area contributed by atoms with Gasteiger partial charge < -0.3 is 10.6 Å². The summed E-state index contributed by atoms with van der Waals surface area (Å²) in [6.07, 6.45) is 8.27. The number of nitrogens with one attached hydrogen (secondary N) is 2. The number of piperidine rings is 2. The fourth-order valence-corrected chi connectivity index (χ4v) is 1.83. The van der Waals surface area contributed by atoms with Crippen LogP contribution in [-0.4, -0.2) is 26.2 Å². The summed E-state index contributed by atoms with van der Waals surface area (Å²) in [6, 6.07) is 0. The molecule has 0 aromatic rings. The van der Waals surface area contributed by atoms with Gasteiger partial charge in [0.1, 0.15) is 0 Å². The molecule has 112 valence electrons. The molecule has 0 aliphatic carbocycles. The van der Waals surface area contributed by atoms with Crippen LogP contribution in [0.5, 0.6) is 0 Å². The summed E-state index contributed by atoms with van der Waals surface area (Å²) in [5, 5.41) is 6.62. The zero-order valence-corrected chi connectivity index (χ0v) is 13.6. The Morgan fingerprint density at radius 3 is 1.50 bits per heavy atom. The van der Waals surface area contributed by atoms with Crippen LogP contribution < -0.4 is 10.6 Å². The molecule has 0 aromatic heterocycles. The summed E-state index contributed by atoms with van der Waals surface area (Å²) >= 11 is 0. The summed E-state index contributed by atoms with van der Waals surface area (Å²) in [6.45, 7) is 15.5. The largest absolute Gasteiger partial charge is 0.317 e. The first-order chi connectivity index (χ1) is 8.81. The van der Waals surface area contributed by atoms with Crippen molar-refractivity contribution in [3.05, 3.63) is 0 Å². The number of rotatable bonds is 0. The Kier molecular flexibility index (Phi) is 21.7. The van der Waals surface area contributed by atoms with Gasteiger partial charge >= 0.3 is 0 Å². The van der Waals surface area contributed by atoms with E-state index in [9.17, 15) is 0 Å². The Balaban J connectivity index is 0. The maximum absolute atomic E-state index is 3.33. The van der Waals surface area contributed by atoms with Crippen molar-refractivity contribution < 1.29 is 0 Å². The monoisotopic (exact) mass is 258 g/mol. The normalized spacial score (nSPS) is 22.2. The van der Waals surface area contributed by atoms with E-state index in [1.807, 2.05) is 13.8 Å². The highest BCUT2D eigenvalue weighted by Gasteiger charge is 2.04. The van der Waals surface area contributed by atoms with Crippen molar-refractivity contribution >= 4 is 0 Å². The van der Waals surface area contributed by atoms with Crippen LogP contribution in [0.25, 0.3) is 0 Å². The van der Waals surface area contributed by atoms with Crippen LogP contribution in [-0.2, 0) is 0 Å². The van der Waals surface area contributed by atoms with E-state index >= 15 is 0 Å². The van der Waals surface area contributed by atoms with Crippen LogP contribution >= 0.6 is 0 Å². The quantitative estimate of drug-likeness (QED) is 0.680. The van der Waals surface area contributed by atoms with Gasteiger partial charge in [0.05, 0.1) is 0 Å². The third-order valence-electron chi connectivity index (χ3n) is 2.75. The van der Waals surface area contributed by atoms with Gasteiger partial charge in [0.2, 0.25) is 0 Å². The average Bonchev–Trinajstić information content (AvgIpc) is 2.45. The topological polar surface area (TPSA) is 24.1 Å². The molecule has 1 atom stereocenters. The zero-order chi connectivity index (χ0) is 14.1. The molecule has 2 nitrogen and oxygen atoms in total. The van der Waals surface area contributed by atoms with E-state index in [1.165, 1.54) is 64.7 Å². The summed E-state index contributed by atoms with van der Waals surface area (Å²) in [4.78, 5) is 0. The van der Waals surface area contributed by atoms with Crippen LogP contribution in [0.3, 0.4) is 0 Å². The SMILES string of the molecule is C1CCNCC1.CC.CC1CCCNC1.CCC. The second-order valence-electron chi connectivity index (χ2n) is 4.97. The van der Waals surface area contributed by atoms with Crippen LogP contribution in [0.2, 0.25) is 0 Å². The van der Waals surface area contributed by atoms with E-state index in [1.54, 1.807) is 0 Å². The van der Waals surface area contributed by atoms with Gasteiger partial charge in [-0.25, -0.2) is 0 Å². The Morgan fingerprint density at radius 1 is 0.833 bits per heavy atom. The Bertz CT molecular complexity index is 105. The summed E-state index contributed by atoms with van der Waals surface area (Å²) in [5.74, 6) is 0.925. The second kappa shape index (κ2) is 19.3. The van der Waals surface area contributed by atoms with Gasteiger partial charge in [-0.2, -0.15) is 0 Å². The predicted octanol–water partition coefficient (Wildman–Crippen LogP) is 4.21. The van der Waals surface area contributed by atoms with Crippen molar-refractivity contribution in [1.29, 1.82) is 0 Å². The van der Waals surface area contributed by atoms with Crippen LogP contribution in [0, 0.1) is 5.92 Å². The van der Waals surface area contributed by atoms with Crippen LogP contribution in [0.4, 0.5) is 0 Å². The Hall–Kier alpha value is -0.0800. The summed E-state index contributed by atoms with van der Waals surface area (Å²) in [5.41, 5.74) is 0. The van der Waals surface area contributed by atoms with Crippen molar-refractivity contribution in [2.75, 3.05) is 26.2 Å². The van der Waals surface area contributed by atoms with Gasteiger partial charge in [0.15, 0.2) is 0 Å². The Morgan fingerprint density at radius 2 is 1.33 bits per heavy atom. The maximum atomic E-state index is 3.33. The van der Waals surface area contributed by atoms with Crippen LogP contribution in [0.15, 0.2) is 0 Å². The van der Waals surface area contributed by atoms with Crippen molar-refractivity contribution in [3.8, 4) is 0 Å². The van der Waals surface area contributed by atoms with Gasteiger partial charge in [-0.1, -0.05) is 47.5 Å². The van der Waals surface area contributed by atoms with E-state index in [4.69, 9.17) is 0 Å². The highest BCUT2D eigenvalue weighted by molar-refractivity contribution is 4.63. The van der Waals surface area contributed by atoms with E-state index in [-0.39, 0.29) is 0 Å². The summed E-state index contributed by atoms with van der Waals surface area (Å²) < 4.78 is 0. The molecule has 2 rings (SSSR count). The minimum absolute atomic E-state index is 0.925. The minimum Gasteiger partial charge on any atom is -0.317 e. The molecule has 18 heavy (non-hydrogen) atoms. The molecule has 2 N–H and O–H groups in total. The molecule has 2 heteroatoms. The van der Waals surface area contributed by atoms with E-state index in [2.05, 4.69) is 31.4 Å². The van der Waals surface area contributed by atoms with E-state index in [0.29, 0.717) is 0 Å². The fourth-order valence-electron chi connectivity index (χ4n) is 1.83. The molecule has 0 radical (unpaired) electrons. The highest BCUT2D eigenvalue weighted by Crippen LogP contribution is 2.06. The van der Waals surface area contributed by atoms with E-state index in [0.717, 1.165) is 5.92 Å². The average molecular weight is 258 g/mol. The molecule has 0 aromatic carbocycles. The van der Waals surface area contributed by atoms with Crippen molar-refractivity contribution in [1.82, 2.24) is 10.6 Å². The lowest BCUT2D eigenvalue weighted by Crippen LogP contribution is -2.27. The fraction of sp³-hybridized carbons (Fsp3) is 1.00. The van der Waals surface area contributed by atoms with Crippen molar-refractivity contribution in [2.45, 2.75) is 73.1 Å². The molecule has 0 amide bonds. The third-order valence-corrected chi connectivity index (χ3v) is 2.75. The molecule has 0 spiro atoms. The first-order valence-electron chi connectivity index (χ1n) is 8.22. The van der Waals surface area contributed by atoms with Crippen LogP contribution in [0.1, 0.15) is 73.1 Å².